The van der Waals surface area contributed by atoms with E-state index in [0.29, 0.717) is 5.02 Å². The van der Waals surface area contributed by atoms with Crippen molar-refractivity contribution in [3.63, 3.8) is 0 Å². The van der Waals surface area contributed by atoms with E-state index in [-0.39, 0.29) is 0 Å². The van der Waals surface area contributed by atoms with Crippen molar-refractivity contribution >= 4 is 39.2 Å². The maximum absolute atomic E-state index is 10.7. The Morgan fingerprint density at radius 1 is 1.60 bits per heavy atom. The van der Waals surface area contributed by atoms with Crippen LogP contribution in [0.4, 0.5) is 5.69 Å². The lowest BCUT2D eigenvalue weighted by Gasteiger charge is -2.02. The molecule has 1 aromatic rings. The molecule has 0 bridgehead atoms. The Kier molecular flexibility index (Phi) is 4.65. The number of rotatable bonds is 3. The van der Waals surface area contributed by atoms with Crippen LogP contribution in [-0.4, -0.2) is 13.1 Å². The van der Waals surface area contributed by atoms with Gasteiger partial charge in [-0.3, -0.25) is 0 Å². The standard InChI is InChI=1S/C10H9BrClNO2/c1-15-10(14)4-5-13-7-2-3-8(11)9(12)6-7/h2-6,13H,1H3/b5-4+. The van der Waals surface area contributed by atoms with Crippen molar-refractivity contribution in [3.8, 4) is 0 Å². The highest BCUT2D eigenvalue weighted by atomic mass is 79.9. The minimum Gasteiger partial charge on any atom is -0.466 e. The summed E-state index contributed by atoms with van der Waals surface area (Å²) in [5, 5.41) is 3.49. The fraction of sp³-hybridized carbons (Fsp3) is 0.100. The zero-order valence-electron chi connectivity index (χ0n) is 7.96. The number of halogens is 2. The van der Waals surface area contributed by atoms with Gasteiger partial charge in [0.2, 0.25) is 0 Å². The van der Waals surface area contributed by atoms with Gasteiger partial charge < -0.3 is 10.1 Å². The molecule has 0 saturated heterocycles. The number of hydrogen-bond acceptors (Lipinski definition) is 3. The van der Waals surface area contributed by atoms with E-state index >= 15 is 0 Å². The normalized spacial score (nSPS) is 10.3. The van der Waals surface area contributed by atoms with E-state index in [1.54, 1.807) is 6.07 Å². The van der Waals surface area contributed by atoms with Gasteiger partial charge in [0, 0.05) is 22.4 Å². The molecule has 0 aromatic heterocycles. The molecule has 1 rings (SSSR count). The lowest BCUT2D eigenvalue weighted by molar-refractivity contribution is -0.134. The smallest absolute Gasteiger partial charge is 0.331 e. The molecule has 0 radical (unpaired) electrons. The number of methoxy groups -OCH3 is 1. The number of hydrogen-bond donors (Lipinski definition) is 1. The minimum absolute atomic E-state index is 0.411. The predicted molar refractivity (Wildman–Crippen MR) is 63.9 cm³/mol. The quantitative estimate of drug-likeness (QED) is 0.686. The lowest BCUT2D eigenvalue weighted by atomic mass is 10.3. The van der Waals surface area contributed by atoms with E-state index < -0.39 is 5.97 Å². The van der Waals surface area contributed by atoms with Crippen molar-refractivity contribution in [1.29, 1.82) is 0 Å². The molecule has 0 spiro atoms. The van der Waals surface area contributed by atoms with Crippen LogP contribution < -0.4 is 5.32 Å². The van der Waals surface area contributed by atoms with E-state index in [0.717, 1.165) is 10.2 Å². The molecule has 0 heterocycles. The first-order chi connectivity index (χ1) is 7.13. The number of carbonyl (C=O) groups excluding carboxylic acids is 1. The highest BCUT2D eigenvalue weighted by molar-refractivity contribution is 9.10. The average molecular weight is 291 g/mol. The molecule has 0 saturated carbocycles. The van der Waals surface area contributed by atoms with Crippen molar-refractivity contribution < 1.29 is 9.53 Å². The zero-order valence-corrected chi connectivity index (χ0v) is 10.3. The van der Waals surface area contributed by atoms with Crippen LogP contribution in [-0.2, 0) is 9.53 Å². The summed E-state index contributed by atoms with van der Waals surface area (Å²) < 4.78 is 5.26. The molecule has 0 atom stereocenters. The van der Waals surface area contributed by atoms with Gasteiger partial charge in [0.25, 0.3) is 0 Å². The number of anilines is 1. The number of esters is 1. The molecule has 0 aliphatic rings. The van der Waals surface area contributed by atoms with Crippen molar-refractivity contribution in [3.05, 3.63) is 40.0 Å². The van der Waals surface area contributed by atoms with Crippen LogP contribution in [0.2, 0.25) is 5.02 Å². The average Bonchev–Trinajstić information content (AvgIpc) is 2.23. The Labute approximate surface area is 101 Å². The Morgan fingerprint density at radius 2 is 2.33 bits per heavy atom. The third-order valence-corrected chi connectivity index (χ3v) is 2.82. The van der Waals surface area contributed by atoms with Gasteiger partial charge in [-0.25, -0.2) is 4.79 Å². The first-order valence-corrected chi connectivity index (χ1v) is 5.26. The summed E-state index contributed by atoms with van der Waals surface area (Å²) in [5.74, 6) is -0.411. The van der Waals surface area contributed by atoms with Crippen LogP contribution in [0.25, 0.3) is 0 Å². The highest BCUT2D eigenvalue weighted by Gasteiger charge is 1.97. The summed E-state index contributed by atoms with van der Waals surface area (Å²) in [6, 6.07) is 5.39. The SMILES string of the molecule is COC(=O)/C=C/Nc1ccc(Br)c(Cl)c1. The third-order valence-electron chi connectivity index (χ3n) is 1.59. The van der Waals surface area contributed by atoms with Crippen LogP contribution in [0.3, 0.4) is 0 Å². The molecular formula is C10H9BrClNO2. The summed E-state index contributed by atoms with van der Waals surface area (Å²) in [6.45, 7) is 0. The van der Waals surface area contributed by atoms with E-state index in [1.807, 2.05) is 12.1 Å². The monoisotopic (exact) mass is 289 g/mol. The summed E-state index contributed by atoms with van der Waals surface area (Å²) in [7, 11) is 1.32. The number of nitrogens with one attached hydrogen (secondary N) is 1. The Morgan fingerprint density at radius 3 is 2.93 bits per heavy atom. The van der Waals surface area contributed by atoms with Crippen molar-refractivity contribution in [1.82, 2.24) is 0 Å². The van der Waals surface area contributed by atoms with Crippen molar-refractivity contribution in [2.75, 3.05) is 12.4 Å². The third kappa shape index (κ3) is 3.93. The molecular weight excluding hydrogens is 281 g/mol. The molecule has 3 nitrogen and oxygen atoms in total. The summed E-state index contributed by atoms with van der Waals surface area (Å²) in [6.07, 6.45) is 2.78. The van der Waals surface area contributed by atoms with Gasteiger partial charge in [-0.05, 0) is 34.1 Å². The first-order valence-electron chi connectivity index (χ1n) is 4.09. The maximum Gasteiger partial charge on any atom is 0.331 e. The van der Waals surface area contributed by atoms with Crippen LogP contribution >= 0.6 is 27.5 Å². The van der Waals surface area contributed by atoms with Gasteiger partial charge in [0.05, 0.1) is 12.1 Å². The zero-order chi connectivity index (χ0) is 11.3. The molecule has 0 aliphatic carbocycles. The maximum atomic E-state index is 10.7. The van der Waals surface area contributed by atoms with E-state index in [9.17, 15) is 4.79 Å². The molecule has 80 valence electrons. The predicted octanol–water partition coefficient (Wildman–Crippen LogP) is 3.20. The molecule has 15 heavy (non-hydrogen) atoms. The lowest BCUT2D eigenvalue weighted by Crippen LogP contribution is -1.96. The minimum atomic E-state index is -0.411. The highest BCUT2D eigenvalue weighted by Crippen LogP contribution is 2.25. The summed E-state index contributed by atoms with van der Waals surface area (Å²) in [4.78, 5) is 10.7. The van der Waals surface area contributed by atoms with Crippen LogP contribution in [0.15, 0.2) is 34.9 Å². The van der Waals surface area contributed by atoms with Gasteiger partial charge >= 0.3 is 5.97 Å². The summed E-state index contributed by atoms with van der Waals surface area (Å²) >= 11 is 9.16. The largest absolute Gasteiger partial charge is 0.466 e. The number of carbonyl (C=O) groups is 1. The van der Waals surface area contributed by atoms with Crippen LogP contribution in [0.5, 0.6) is 0 Å². The fourth-order valence-electron chi connectivity index (χ4n) is 0.860. The second-order valence-electron chi connectivity index (χ2n) is 2.63. The van der Waals surface area contributed by atoms with Crippen LogP contribution in [0.1, 0.15) is 0 Å². The van der Waals surface area contributed by atoms with Gasteiger partial charge in [-0.1, -0.05) is 11.6 Å². The molecule has 1 aromatic carbocycles. The number of ether oxygens (including phenoxy) is 1. The first kappa shape index (κ1) is 12.1. The van der Waals surface area contributed by atoms with Gasteiger partial charge in [0.15, 0.2) is 0 Å². The Hall–Kier alpha value is -1.000. The molecule has 0 amide bonds. The topological polar surface area (TPSA) is 38.3 Å². The second kappa shape index (κ2) is 5.78. The van der Waals surface area contributed by atoms with Gasteiger partial charge in [-0.15, -0.1) is 0 Å². The van der Waals surface area contributed by atoms with E-state index in [4.69, 9.17) is 11.6 Å². The Bertz CT molecular complexity index is 393. The van der Waals surface area contributed by atoms with E-state index in [2.05, 4.69) is 26.0 Å². The van der Waals surface area contributed by atoms with Crippen molar-refractivity contribution in [2.24, 2.45) is 0 Å². The molecule has 0 unspecified atom stereocenters. The van der Waals surface area contributed by atoms with Crippen molar-refractivity contribution in [2.45, 2.75) is 0 Å². The van der Waals surface area contributed by atoms with Gasteiger partial charge in [0.1, 0.15) is 0 Å². The van der Waals surface area contributed by atoms with Crippen LogP contribution in [0, 0.1) is 0 Å². The van der Waals surface area contributed by atoms with E-state index in [1.165, 1.54) is 19.4 Å². The molecule has 1 N–H and O–H groups in total. The molecule has 0 aliphatic heterocycles. The second-order valence-corrected chi connectivity index (χ2v) is 3.89. The number of benzene rings is 1. The Balaban J connectivity index is 2.62. The molecule has 5 heteroatoms. The fourth-order valence-corrected chi connectivity index (χ4v) is 1.29. The summed E-state index contributed by atoms with van der Waals surface area (Å²) in [5.41, 5.74) is 0.795. The van der Waals surface area contributed by atoms with Gasteiger partial charge in [-0.2, -0.15) is 0 Å². The molecule has 0 fully saturated rings.